The summed E-state index contributed by atoms with van der Waals surface area (Å²) in [6.45, 7) is 5.01. The van der Waals surface area contributed by atoms with Gasteiger partial charge in [-0.1, -0.05) is 6.07 Å². The van der Waals surface area contributed by atoms with Gasteiger partial charge >= 0.3 is 5.97 Å². The second kappa shape index (κ2) is 5.80. The molecule has 3 rings (SSSR count). The number of imide groups is 1. The lowest BCUT2D eigenvalue weighted by molar-refractivity contribution is -0.136. The van der Waals surface area contributed by atoms with E-state index in [0.717, 1.165) is 28.1 Å². The molecule has 0 aromatic heterocycles. The van der Waals surface area contributed by atoms with Gasteiger partial charge in [0, 0.05) is 6.92 Å². The highest BCUT2D eigenvalue weighted by molar-refractivity contribution is 6.47. The number of aryl methyl sites for hydroxylation is 2. The Morgan fingerprint density at radius 2 is 1.80 bits per heavy atom. The van der Waals surface area contributed by atoms with Gasteiger partial charge in [0.2, 0.25) is 11.8 Å². The molecule has 3 amide bonds. The Balaban J connectivity index is 2.07. The van der Waals surface area contributed by atoms with E-state index in [1.54, 1.807) is 18.2 Å². The summed E-state index contributed by atoms with van der Waals surface area (Å²) in [5.41, 5.74) is 2.11. The van der Waals surface area contributed by atoms with Crippen molar-refractivity contribution in [1.29, 1.82) is 0 Å². The molecule has 1 fully saturated rings. The minimum atomic E-state index is -1.15. The molecular formula is C17H17N3O5. The molecule has 8 heteroatoms. The Morgan fingerprint density at radius 1 is 1.12 bits per heavy atom. The zero-order valence-electron chi connectivity index (χ0n) is 14.3. The van der Waals surface area contributed by atoms with E-state index in [0.29, 0.717) is 5.69 Å². The first-order valence-corrected chi connectivity index (χ1v) is 7.69. The third-order valence-electron chi connectivity index (χ3n) is 4.51. The number of anilines is 1. The summed E-state index contributed by atoms with van der Waals surface area (Å²) in [5.74, 6) is -3.69. The van der Waals surface area contributed by atoms with Crippen molar-refractivity contribution in [2.75, 3.05) is 12.0 Å². The normalized spacial score (nSPS) is 22.2. The van der Waals surface area contributed by atoms with Gasteiger partial charge in [-0.25, -0.2) is 14.7 Å². The fraction of sp³-hybridized carbons (Fsp3) is 0.353. The van der Waals surface area contributed by atoms with Gasteiger partial charge in [-0.15, -0.1) is 0 Å². The molecule has 2 atom stereocenters. The third-order valence-corrected chi connectivity index (χ3v) is 4.51. The number of esters is 1. The van der Waals surface area contributed by atoms with E-state index in [1.807, 2.05) is 13.8 Å². The van der Waals surface area contributed by atoms with Crippen LogP contribution < -0.4 is 4.90 Å². The number of hydrogen-bond acceptors (Lipinski definition) is 6. The molecule has 25 heavy (non-hydrogen) atoms. The van der Waals surface area contributed by atoms with Gasteiger partial charge < -0.3 is 4.74 Å². The van der Waals surface area contributed by atoms with Crippen molar-refractivity contribution in [1.82, 2.24) is 5.01 Å². The number of ether oxygens (including phenoxy) is 1. The summed E-state index contributed by atoms with van der Waals surface area (Å²) in [4.78, 5) is 50.5. The molecule has 0 bridgehead atoms. The molecule has 0 aliphatic carbocycles. The Hall–Kier alpha value is -3.03. The molecule has 0 spiro atoms. The third kappa shape index (κ3) is 2.41. The first kappa shape index (κ1) is 16.8. The number of hydrogen-bond donors (Lipinski definition) is 0. The monoisotopic (exact) mass is 343 g/mol. The summed E-state index contributed by atoms with van der Waals surface area (Å²) in [6.07, 6.45) is 0. The summed E-state index contributed by atoms with van der Waals surface area (Å²) < 4.78 is 4.64. The van der Waals surface area contributed by atoms with Crippen molar-refractivity contribution < 1.29 is 23.9 Å². The van der Waals surface area contributed by atoms with E-state index < -0.39 is 35.7 Å². The van der Waals surface area contributed by atoms with Crippen LogP contribution in [-0.4, -0.2) is 47.6 Å². The van der Waals surface area contributed by atoms with E-state index >= 15 is 0 Å². The molecule has 0 saturated carbocycles. The molecular weight excluding hydrogens is 326 g/mol. The zero-order valence-corrected chi connectivity index (χ0v) is 14.3. The first-order chi connectivity index (χ1) is 11.8. The Morgan fingerprint density at radius 3 is 2.36 bits per heavy atom. The average Bonchev–Trinajstić information content (AvgIpc) is 3.08. The quantitative estimate of drug-likeness (QED) is 0.577. The number of nitrogens with zero attached hydrogens (tertiary/aromatic N) is 3. The van der Waals surface area contributed by atoms with Crippen molar-refractivity contribution in [2.24, 2.45) is 11.0 Å². The highest BCUT2D eigenvalue weighted by Gasteiger charge is 2.59. The van der Waals surface area contributed by atoms with Gasteiger partial charge in [0.25, 0.3) is 5.91 Å². The second-order valence-corrected chi connectivity index (χ2v) is 6.04. The van der Waals surface area contributed by atoms with Crippen molar-refractivity contribution >= 4 is 35.1 Å². The predicted molar refractivity (Wildman–Crippen MR) is 87.7 cm³/mol. The summed E-state index contributed by atoms with van der Waals surface area (Å²) in [6, 6.07) is 4.03. The van der Waals surface area contributed by atoms with Crippen molar-refractivity contribution in [2.45, 2.75) is 26.8 Å². The molecule has 1 aromatic rings. The number of carbonyl (C=O) groups excluding carboxylic acids is 4. The Labute approximate surface area is 144 Å². The van der Waals surface area contributed by atoms with Crippen LogP contribution >= 0.6 is 0 Å². The second-order valence-electron chi connectivity index (χ2n) is 6.04. The van der Waals surface area contributed by atoms with Crippen LogP contribution in [0.1, 0.15) is 18.1 Å². The molecule has 0 N–H and O–H groups in total. The molecule has 1 aromatic carbocycles. The smallest absolute Gasteiger partial charge is 0.355 e. The molecule has 2 aliphatic rings. The zero-order chi connectivity index (χ0) is 18.5. The maximum absolute atomic E-state index is 12.9. The topological polar surface area (TPSA) is 96.3 Å². The SMILES string of the molecule is COC(=O)C1=NN(C(C)=O)C2C(=O)N(c3ccc(C)c(C)c3)C(=O)C12. The molecule has 8 nitrogen and oxygen atoms in total. The molecule has 2 aliphatic heterocycles. The number of amides is 3. The van der Waals surface area contributed by atoms with Crippen molar-refractivity contribution in [3.63, 3.8) is 0 Å². The van der Waals surface area contributed by atoms with Crippen LogP contribution in [-0.2, 0) is 23.9 Å². The molecule has 2 unspecified atom stereocenters. The molecule has 2 heterocycles. The maximum Gasteiger partial charge on any atom is 0.355 e. The fourth-order valence-electron chi connectivity index (χ4n) is 3.07. The van der Waals surface area contributed by atoms with Crippen molar-refractivity contribution in [3.8, 4) is 0 Å². The summed E-state index contributed by atoms with van der Waals surface area (Å²) >= 11 is 0. The van der Waals surface area contributed by atoms with Gasteiger partial charge in [-0.05, 0) is 37.1 Å². The van der Waals surface area contributed by atoms with Crippen LogP contribution in [0.2, 0.25) is 0 Å². The number of carbonyl (C=O) groups is 4. The van der Waals surface area contributed by atoms with Crippen LogP contribution in [0.15, 0.2) is 23.3 Å². The van der Waals surface area contributed by atoms with Gasteiger partial charge in [-0.3, -0.25) is 14.4 Å². The van der Waals surface area contributed by atoms with Gasteiger partial charge in [-0.2, -0.15) is 5.10 Å². The lowest BCUT2D eigenvalue weighted by Gasteiger charge is -2.19. The van der Waals surface area contributed by atoms with Crippen LogP contribution in [0.3, 0.4) is 0 Å². The lowest BCUT2D eigenvalue weighted by atomic mass is 9.98. The van der Waals surface area contributed by atoms with E-state index in [9.17, 15) is 19.2 Å². The molecule has 1 saturated heterocycles. The molecule has 130 valence electrons. The van der Waals surface area contributed by atoms with E-state index in [-0.39, 0.29) is 5.71 Å². The standard InChI is InChI=1S/C17H17N3O5/c1-8-5-6-11(7-9(8)2)19-15(22)12-13(17(24)25-4)18-20(10(3)21)14(12)16(19)23/h5-7,12,14H,1-4H3. The Kier molecular flexibility index (Phi) is 3.90. The highest BCUT2D eigenvalue weighted by Crippen LogP contribution is 2.35. The van der Waals surface area contributed by atoms with E-state index in [2.05, 4.69) is 9.84 Å². The van der Waals surface area contributed by atoms with Crippen LogP contribution in [0.4, 0.5) is 5.69 Å². The lowest BCUT2D eigenvalue weighted by Crippen LogP contribution is -2.41. The summed E-state index contributed by atoms with van der Waals surface area (Å²) in [5, 5.41) is 4.75. The summed E-state index contributed by atoms with van der Waals surface area (Å²) in [7, 11) is 1.15. The number of fused-ring (bicyclic) bond motifs is 1. The van der Waals surface area contributed by atoms with Gasteiger partial charge in [0.15, 0.2) is 11.8 Å². The minimum Gasteiger partial charge on any atom is -0.464 e. The van der Waals surface area contributed by atoms with Crippen LogP contribution in [0.25, 0.3) is 0 Å². The Bertz CT molecular complexity index is 845. The van der Waals surface area contributed by atoms with E-state index in [4.69, 9.17) is 0 Å². The maximum atomic E-state index is 12.9. The van der Waals surface area contributed by atoms with Gasteiger partial charge in [0.1, 0.15) is 5.92 Å². The molecule has 0 radical (unpaired) electrons. The number of rotatable bonds is 2. The van der Waals surface area contributed by atoms with Gasteiger partial charge in [0.05, 0.1) is 12.8 Å². The van der Waals surface area contributed by atoms with Crippen LogP contribution in [0.5, 0.6) is 0 Å². The average molecular weight is 343 g/mol. The van der Waals surface area contributed by atoms with E-state index in [1.165, 1.54) is 6.92 Å². The highest BCUT2D eigenvalue weighted by atomic mass is 16.5. The number of benzene rings is 1. The minimum absolute atomic E-state index is 0.229. The largest absolute Gasteiger partial charge is 0.464 e. The first-order valence-electron chi connectivity index (χ1n) is 7.69. The van der Waals surface area contributed by atoms with Crippen LogP contribution in [0, 0.1) is 19.8 Å². The number of methoxy groups -OCH3 is 1. The fourth-order valence-corrected chi connectivity index (χ4v) is 3.07. The number of hydrazone groups is 1. The predicted octanol–water partition coefficient (Wildman–Crippen LogP) is 0.553. The van der Waals surface area contributed by atoms with Crippen molar-refractivity contribution in [3.05, 3.63) is 29.3 Å².